The molecule has 14 heavy (non-hydrogen) atoms. The third-order valence-electron chi connectivity index (χ3n) is 2.73. The van der Waals surface area contributed by atoms with Gasteiger partial charge in [0.1, 0.15) is 6.10 Å². The fourth-order valence-electron chi connectivity index (χ4n) is 1.79. The summed E-state index contributed by atoms with van der Waals surface area (Å²) in [7, 11) is 0. The first-order chi connectivity index (χ1) is 6.59. The van der Waals surface area contributed by atoms with Crippen LogP contribution in [0.5, 0.6) is 0 Å². The maximum atomic E-state index is 9.59. The maximum absolute atomic E-state index is 9.59. The molecule has 0 radical (unpaired) electrons. The molecule has 0 aliphatic carbocycles. The molecule has 3 atom stereocenters. The SMILES string of the molecule is OCC1C[C@@H](O)[C@H](O)C(CO)(CO)N1. The fourth-order valence-corrected chi connectivity index (χ4v) is 1.79. The van der Waals surface area contributed by atoms with Crippen molar-refractivity contribution in [1.29, 1.82) is 0 Å². The third kappa shape index (κ3) is 1.90. The lowest BCUT2D eigenvalue weighted by atomic mass is 9.82. The van der Waals surface area contributed by atoms with E-state index < -0.39 is 37.0 Å². The molecule has 1 heterocycles. The number of piperidine rings is 1. The van der Waals surface area contributed by atoms with E-state index in [1.54, 1.807) is 0 Å². The van der Waals surface area contributed by atoms with Gasteiger partial charge < -0.3 is 25.5 Å². The minimum atomic E-state index is -1.33. The van der Waals surface area contributed by atoms with E-state index in [0.29, 0.717) is 0 Å². The second-order valence-electron chi connectivity index (χ2n) is 3.74. The van der Waals surface area contributed by atoms with Crippen LogP contribution in [0.15, 0.2) is 0 Å². The summed E-state index contributed by atoms with van der Waals surface area (Å²) in [6.45, 7) is -1.22. The molecule has 0 aromatic heterocycles. The maximum Gasteiger partial charge on any atom is 0.103 e. The van der Waals surface area contributed by atoms with E-state index in [-0.39, 0.29) is 13.0 Å². The minimum Gasteiger partial charge on any atom is -0.395 e. The first kappa shape index (κ1) is 11.8. The normalized spacial score (nSPS) is 37.1. The van der Waals surface area contributed by atoms with Crippen molar-refractivity contribution < 1.29 is 25.5 Å². The summed E-state index contributed by atoms with van der Waals surface area (Å²) in [6, 6.07) is -0.423. The zero-order chi connectivity index (χ0) is 10.8. The number of hydrogen-bond acceptors (Lipinski definition) is 6. The molecule has 0 aromatic rings. The Balaban J connectivity index is 2.80. The zero-order valence-electron chi connectivity index (χ0n) is 7.80. The summed E-state index contributed by atoms with van der Waals surface area (Å²) in [5.74, 6) is 0. The molecule has 1 fully saturated rings. The van der Waals surface area contributed by atoms with Crippen molar-refractivity contribution in [2.45, 2.75) is 30.2 Å². The van der Waals surface area contributed by atoms with Crippen LogP contribution in [0.2, 0.25) is 0 Å². The van der Waals surface area contributed by atoms with Crippen molar-refractivity contribution in [1.82, 2.24) is 5.32 Å². The van der Waals surface area contributed by atoms with E-state index in [0.717, 1.165) is 0 Å². The van der Waals surface area contributed by atoms with E-state index in [1.165, 1.54) is 0 Å². The highest BCUT2D eigenvalue weighted by Crippen LogP contribution is 2.23. The third-order valence-corrected chi connectivity index (χ3v) is 2.73. The van der Waals surface area contributed by atoms with Crippen LogP contribution in [0.25, 0.3) is 0 Å². The zero-order valence-corrected chi connectivity index (χ0v) is 7.80. The molecule has 1 unspecified atom stereocenters. The predicted molar refractivity (Wildman–Crippen MR) is 47.5 cm³/mol. The van der Waals surface area contributed by atoms with Gasteiger partial charge in [0.25, 0.3) is 0 Å². The topological polar surface area (TPSA) is 113 Å². The average molecular weight is 207 g/mol. The predicted octanol–water partition coefficient (Wildman–Crippen LogP) is -3.21. The molecule has 6 heteroatoms. The molecule has 0 saturated carbocycles. The Kier molecular flexibility index (Phi) is 3.82. The minimum absolute atomic E-state index is 0.194. The van der Waals surface area contributed by atoms with Gasteiger partial charge in [-0.2, -0.15) is 0 Å². The molecule has 1 rings (SSSR count). The van der Waals surface area contributed by atoms with Gasteiger partial charge in [-0.25, -0.2) is 0 Å². The molecular weight excluding hydrogens is 190 g/mol. The Labute approximate surface area is 81.8 Å². The van der Waals surface area contributed by atoms with Crippen LogP contribution >= 0.6 is 0 Å². The molecule has 1 aliphatic rings. The number of aliphatic hydroxyl groups is 5. The smallest absolute Gasteiger partial charge is 0.103 e. The lowest BCUT2D eigenvalue weighted by Gasteiger charge is -2.45. The molecule has 0 amide bonds. The molecule has 0 bridgehead atoms. The van der Waals surface area contributed by atoms with Crippen molar-refractivity contribution in [3.63, 3.8) is 0 Å². The highest BCUT2D eigenvalue weighted by atomic mass is 16.3. The second kappa shape index (κ2) is 4.52. The van der Waals surface area contributed by atoms with Gasteiger partial charge in [-0.05, 0) is 6.42 Å². The molecule has 0 aromatic carbocycles. The van der Waals surface area contributed by atoms with Crippen LogP contribution in [-0.4, -0.2) is 69.1 Å². The largest absolute Gasteiger partial charge is 0.395 e. The van der Waals surface area contributed by atoms with Gasteiger partial charge in [0.05, 0.1) is 31.5 Å². The van der Waals surface area contributed by atoms with E-state index >= 15 is 0 Å². The summed E-state index contributed by atoms with van der Waals surface area (Å²) in [5, 5.41) is 48.8. The van der Waals surface area contributed by atoms with Crippen LogP contribution in [0.3, 0.4) is 0 Å². The fraction of sp³-hybridized carbons (Fsp3) is 1.00. The Morgan fingerprint density at radius 2 is 1.71 bits per heavy atom. The molecular formula is C8H17NO5. The molecule has 6 N–H and O–H groups in total. The van der Waals surface area contributed by atoms with Gasteiger partial charge in [-0.3, -0.25) is 5.32 Å². The summed E-state index contributed by atoms with van der Waals surface area (Å²) in [4.78, 5) is 0. The van der Waals surface area contributed by atoms with Crippen molar-refractivity contribution in [3.05, 3.63) is 0 Å². The van der Waals surface area contributed by atoms with Crippen LogP contribution in [0, 0.1) is 0 Å². The van der Waals surface area contributed by atoms with Crippen LogP contribution in [0.4, 0.5) is 0 Å². The van der Waals surface area contributed by atoms with Crippen molar-refractivity contribution in [2.24, 2.45) is 0 Å². The highest BCUT2D eigenvalue weighted by Gasteiger charge is 2.46. The highest BCUT2D eigenvalue weighted by molar-refractivity contribution is 5.04. The monoisotopic (exact) mass is 207 g/mol. The molecule has 84 valence electrons. The van der Waals surface area contributed by atoms with Gasteiger partial charge in [0, 0.05) is 6.04 Å². The van der Waals surface area contributed by atoms with Crippen molar-refractivity contribution in [3.8, 4) is 0 Å². The number of hydrogen-bond donors (Lipinski definition) is 6. The average Bonchev–Trinajstić information content (AvgIpc) is 2.22. The molecule has 1 aliphatic heterocycles. The van der Waals surface area contributed by atoms with Gasteiger partial charge >= 0.3 is 0 Å². The standard InChI is InChI=1S/C8H17NO5/c10-2-5-1-6(13)7(14)8(3-11,4-12)9-5/h5-7,9-14H,1-4H2/t5?,6-,7+/m1/s1. The van der Waals surface area contributed by atoms with E-state index in [4.69, 9.17) is 15.3 Å². The van der Waals surface area contributed by atoms with Crippen molar-refractivity contribution in [2.75, 3.05) is 19.8 Å². The number of rotatable bonds is 3. The van der Waals surface area contributed by atoms with E-state index in [1.807, 2.05) is 0 Å². The van der Waals surface area contributed by atoms with Crippen molar-refractivity contribution >= 4 is 0 Å². The summed E-state index contributed by atoms with van der Waals surface area (Å²) in [6.07, 6.45) is -2.09. The van der Waals surface area contributed by atoms with Gasteiger partial charge in [0.2, 0.25) is 0 Å². The van der Waals surface area contributed by atoms with Crippen LogP contribution < -0.4 is 5.32 Å². The Bertz CT molecular complexity index is 185. The van der Waals surface area contributed by atoms with Gasteiger partial charge in [-0.1, -0.05) is 0 Å². The van der Waals surface area contributed by atoms with Gasteiger partial charge in [0.15, 0.2) is 0 Å². The Morgan fingerprint density at radius 3 is 2.14 bits per heavy atom. The number of aliphatic hydroxyl groups excluding tert-OH is 5. The van der Waals surface area contributed by atoms with E-state index in [9.17, 15) is 10.2 Å². The summed E-state index contributed by atoms with van der Waals surface area (Å²) in [5.41, 5.74) is -1.33. The molecule has 0 spiro atoms. The van der Waals surface area contributed by atoms with Crippen LogP contribution in [-0.2, 0) is 0 Å². The quantitative estimate of drug-likeness (QED) is 0.290. The summed E-state index contributed by atoms with van der Waals surface area (Å²) < 4.78 is 0. The summed E-state index contributed by atoms with van der Waals surface area (Å²) >= 11 is 0. The van der Waals surface area contributed by atoms with Crippen LogP contribution in [0.1, 0.15) is 6.42 Å². The first-order valence-corrected chi connectivity index (χ1v) is 4.56. The van der Waals surface area contributed by atoms with E-state index in [2.05, 4.69) is 5.32 Å². The Hall–Kier alpha value is -0.240. The van der Waals surface area contributed by atoms with Gasteiger partial charge in [-0.15, -0.1) is 0 Å². The second-order valence-corrected chi connectivity index (χ2v) is 3.74. The molecule has 1 saturated heterocycles. The lowest BCUT2D eigenvalue weighted by molar-refractivity contribution is -0.115. The molecule has 6 nitrogen and oxygen atoms in total. The number of nitrogens with one attached hydrogen (secondary N) is 1. The first-order valence-electron chi connectivity index (χ1n) is 4.56. The Morgan fingerprint density at radius 1 is 1.14 bits per heavy atom. The lowest BCUT2D eigenvalue weighted by Crippen LogP contribution is -2.70.